The van der Waals surface area contributed by atoms with Crippen LogP contribution in [0.25, 0.3) is 0 Å². The number of aromatic nitrogens is 1. The van der Waals surface area contributed by atoms with Crippen molar-refractivity contribution in [3.8, 4) is 0 Å². The zero-order valence-corrected chi connectivity index (χ0v) is 14.7. The second-order valence-electron chi connectivity index (χ2n) is 6.29. The van der Waals surface area contributed by atoms with Crippen molar-refractivity contribution in [3.63, 3.8) is 0 Å². The Morgan fingerprint density at radius 1 is 1.24 bits per heavy atom. The van der Waals surface area contributed by atoms with Crippen molar-refractivity contribution in [1.82, 2.24) is 9.88 Å². The van der Waals surface area contributed by atoms with E-state index in [1.807, 2.05) is 56.3 Å². The van der Waals surface area contributed by atoms with Gasteiger partial charge in [0, 0.05) is 30.7 Å². The standard InChI is InChI=1S/C20H23N3O2/c1-3-22(19(24)13-16-10-9-15(2)21-14-16)18-11-12-23(20(18)25)17-7-5-4-6-8-17/h4-10,14,18H,3,11-13H2,1-2H3/t18-/m0/s1. The number of carbonyl (C=O) groups is 2. The Labute approximate surface area is 148 Å². The third kappa shape index (κ3) is 3.71. The Morgan fingerprint density at radius 2 is 2.00 bits per heavy atom. The summed E-state index contributed by atoms with van der Waals surface area (Å²) in [6, 6.07) is 13.1. The molecule has 130 valence electrons. The Hall–Kier alpha value is -2.69. The van der Waals surface area contributed by atoms with Gasteiger partial charge in [-0.15, -0.1) is 0 Å². The van der Waals surface area contributed by atoms with Crippen molar-refractivity contribution in [2.45, 2.75) is 32.7 Å². The first-order chi connectivity index (χ1) is 12.1. The number of carbonyl (C=O) groups excluding carboxylic acids is 2. The van der Waals surface area contributed by atoms with Crippen molar-refractivity contribution in [1.29, 1.82) is 0 Å². The zero-order valence-electron chi connectivity index (χ0n) is 14.7. The van der Waals surface area contributed by atoms with Crippen LogP contribution in [0, 0.1) is 6.92 Å². The minimum Gasteiger partial charge on any atom is -0.331 e. The molecule has 1 aliphatic rings. The molecule has 2 aromatic rings. The zero-order chi connectivity index (χ0) is 17.8. The van der Waals surface area contributed by atoms with E-state index in [2.05, 4.69) is 4.98 Å². The van der Waals surface area contributed by atoms with Crippen LogP contribution in [-0.2, 0) is 16.0 Å². The van der Waals surface area contributed by atoms with Crippen molar-refractivity contribution in [3.05, 3.63) is 59.9 Å². The van der Waals surface area contributed by atoms with Crippen molar-refractivity contribution in [2.75, 3.05) is 18.0 Å². The van der Waals surface area contributed by atoms with Crippen molar-refractivity contribution in [2.24, 2.45) is 0 Å². The monoisotopic (exact) mass is 337 g/mol. The highest BCUT2D eigenvalue weighted by atomic mass is 16.2. The van der Waals surface area contributed by atoms with Gasteiger partial charge in [-0.05, 0) is 44.0 Å². The van der Waals surface area contributed by atoms with Gasteiger partial charge in [-0.3, -0.25) is 14.6 Å². The predicted octanol–water partition coefficient (Wildman–Crippen LogP) is 2.59. The van der Waals surface area contributed by atoms with Gasteiger partial charge in [-0.2, -0.15) is 0 Å². The van der Waals surface area contributed by atoms with Gasteiger partial charge in [-0.1, -0.05) is 24.3 Å². The third-order valence-electron chi connectivity index (χ3n) is 4.61. The fraction of sp³-hybridized carbons (Fsp3) is 0.350. The minimum absolute atomic E-state index is 0.00318. The molecule has 5 heteroatoms. The molecular weight excluding hydrogens is 314 g/mol. The van der Waals surface area contributed by atoms with Crippen LogP contribution >= 0.6 is 0 Å². The summed E-state index contributed by atoms with van der Waals surface area (Å²) in [5.74, 6) is -0.0233. The van der Waals surface area contributed by atoms with Crippen LogP contribution in [0.15, 0.2) is 48.7 Å². The number of hydrogen-bond acceptors (Lipinski definition) is 3. The summed E-state index contributed by atoms with van der Waals surface area (Å²) < 4.78 is 0. The predicted molar refractivity (Wildman–Crippen MR) is 97.3 cm³/mol. The lowest BCUT2D eigenvalue weighted by atomic mass is 10.1. The number of anilines is 1. The quantitative estimate of drug-likeness (QED) is 0.843. The Bertz CT molecular complexity index is 743. The molecule has 0 radical (unpaired) electrons. The van der Waals surface area contributed by atoms with E-state index in [0.29, 0.717) is 19.5 Å². The molecule has 1 aromatic heterocycles. The molecule has 1 saturated heterocycles. The molecule has 2 amide bonds. The maximum absolute atomic E-state index is 12.8. The van der Waals surface area contributed by atoms with Gasteiger partial charge in [-0.25, -0.2) is 0 Å². The van der Waals surface area contributed by atoms with Crippen LogP contribution in [-0.4, -0.2) is 40.8 Å². The highest BCUT2D eigenvalue weighted by Gasteiger charge is 2.37. The number of pyridine rings is 1. The maximum atomic E-state index is 12.8. The number of benzene rings is 1. The molecule has 0 spiro atoms. The van der Waals surface area contributed by atoms with Crippen molar-refractivity contribution < 1.29 is 9.59 Å². The molecule has 1 fully saturated rings. The molecule has 1 aliphatic heterocycles. The van der Waals surface area contributed by atoms with Gasteiger partial charge in [0.2, 0.25) is 11.8 Å². The highest BCUT2D eigenvalue weighted by molar-refractivity contribution is 6.01. The first-order valence-electron chi connectivity index (χ1n) is 8.67. The van der Waals surface area contributed by atoms with Gasteiger partial charge < -0.3 is 9.80 Å². The Morgan fingerprint density at radius 3 is 2.64 bits per heavy atom. The average molecular weight is 337 g/mol. The molecule has 0 unspecified atom stereocenters. The molecule has 2 heterocycles. The number of aryl methyl sites for hydroxylation is 1. The number of hydrogen-bond donors (Lipinski definition) is 0. The Kier molecular flexibility index (Phi) is 5.12. The molecular formula is C20H23N3O2. The summed E-state index contributed by atoms with van der Waals surface area (Å²) in [5.41, 5.74) is 2.69. The maximum Gasteiger partial charge on any atom is 0.249 e. The van der Waals surface area contributed by atoms with E-state index in [4.69, 9.17) is 0 Å². The molecule has 0 N–H and O–H groups in total. The number of nitrogens with zero attached hydrogens (tertiary/aromatic N) is 3. The fourth-order valence-corrected chi connectivity index (χ4v) is 3.27. The molecule has 5 nitrogen and oxygen atoms in total. The van der Waals surface area contributed by atoms with E-state index >= 15 is 0 Å². The van der Waals surface area contributed by atoms with Gasteiger partial charge in [0.25, 0.3) is 0 Å². The second-order valence-corrected chi connectivity index (χ2v) is 6.29. The number of likely N-dealkylation sites (N-methyl/N-ethyl adjacent to an activating group) is 1. The summed E-state index contributed by atoms with van der Waals surface area (Å²) in [6.45, 7) is 5.00. The number of para-hydroxylation sites is 1. The number of amides is 2. The average Bonchev–Trinajstić information content (AvgIpc) is 3.00. The smallest absolute Gasteiger partial charge is 0.249 e. The summed E-state index contributed by atoms with van der Waals surface area (Å²) in [6.07, 6.45) is 2.67. The van der Waals surface area contributed by atoms with Gasteiger partial charge in [0.15, 0.2) is 0 Å². The van der Waals surface area contributed by atoms with Gasteiger partial charge in [0.05, 0.1) is 6.42 Å². The largest absolute Gasteiger partial charge is 0.331 e. The highest BCUT2D eigenvalue weighted by Crippen LogP contribution is 2.24. The van der Waals surface area contributed by atoms with Gasteiger partial charge >= 0.3 is 0 Å². The van der Waals surface area contributed by atoms with Crippen LogP contribution in [0.5, 0.6) is 0 Å². The molecule has 25 heavy (non-hydrogen) atoms. The first-order valence-corrected chi connectivity index (χ1v) is 8.67. The van der Waals surface area contributed by atoms with E-state index in [9.17, 15) is 9.59 Å². The van der Waals surface area contributed by atoms with Crippen LogP contribution < -0.4 is 4.90 Å². The second kappa shape index (κ2) is 7.47. The van der Waals surface area contributed by atoms with E-state index in [1.54, 1.807) is 16.0 Å². The third-order valence-corrected chi connectivity index (χ3v) is 4.61. The van der Waals surface area contributed by atoms with Crippen LogP contribution in [0.1, 0.15) is 24.6 Å². The van der Waals surface area contributed by atoms with E-state index in [-0.39, 0.29) is 24.3 Å². The van der Waals surface area contributed by atoms with Crippen LogP contribution in [0.2, 0.25) is 0 Å². The molecule has 0 aliphatic carbocycles. The summed E-state index contributed by atoms with van der Waals surface area (Å²) >= 11 is 0. The molecule has 0 bridgehead atoms. The molecule has 0 saturated carbocycles. The van der Waals surface area contributed by atoms with Crippen LogP contribution in [0.3, 0.4) is 0 Å². The molecule has 3 rings (SSSR count). The number of rotatable bonds is 5. The lowest BCUT2D eigenvalue weighted by Crippen LogP contribution is -2.45. The summed E-state index contributed by atoms with van der Waals surface area (Å²) in [5, 5.41) is 0. The van der Waals surface area contributed by atoms with Crippen LogP contribution in [0.4, 0.5) is 5.69 Å². The fourth-order valence-electron chi connectivity index (χ4n) is 3.27. The van der Waals surface area contributed by atoms with Gasteiger partial charge in [0.1, 0.15) is 6.04 Å². The summed E-state index contributed by atoms with van der Waals surface area (Å²) in [7, 11) is 0. The van der Waals surface area contributed by atoms with E-state index in [0.717, 1.165) is 16.9 Å². The topological polar surface area (TPSA) is 53.5 Å². The first kappa shape index (κ1) is 17.1. The lowest BCUT2D eigenvalue weighted by Gasteiger charge is -2.27. The SMILES string of the molecule is CCN(C(=O)Cc1ccc(C)nc1)[C@H]1CCN(c2ccccc2)C1=O. The normalized spacial score (nSPS) is 17.0. The lowest BCUT2D eigenvalue weighted by molar-refractivity contribution is -0.137. The van der Waals surface area contributed by atoms with E-state index < -0.39 is 0 Å². The van der Waals surface area contributed by atoms with Crippen molar-refractivity contribution >= 4 is 17.5 Å². The molecule has 1 atom stereocenters. The minimum atomic E-state index is -0.379. The summed E-state index contributed by atoms with van der Waals surface area (Å²) in [4.78, 5) is 33.3. The van der Waals surface area contributed by atoms with E-state index in [1.165, 1.54) is 0 Å². The molecule has 1 aromatic carbocycles. The Balaban J connectivity index is 1.71.